The van der Waals surface area contributed by atoms with Crippen LogP contribution in [0.4, 0.5) is 10.1 Å². The van der Waals surface area contributed by atoms with Crippen LogP contribution in [0.5, 0.6) is 0 Å². The quantitative estimate of drug-likeness (QED) is 0.898. The first-order chi connectivity index (χ1) is 8.69. The summed E-state index contributed by atoms with van der Waals surface area (Å²) >= 11 is 0. The van der Waals surface area contributed by atoms with Crippen LogP contribution in [0.3, 0.4) is 0 Å². The van der Waals surface area contributed by atoms with Gasteiger partial charge in [-0.25, -0.2) is 9.37 Å². The van der Waals surface area contributed by atoms with E-state index in [1.807, 2.05) is 12.1 Å². The average Bonchev–Trinajstić information content (AvgIpc) is 2.41. The molecule has 0 saturated heterocycles. The van der Waals surface area contributed by atoms with E-state index in [1.165, 1.54) is 6.07 Å². The van der Waals surface area contributed by atoms with Crippen LogP contribution in [0, 0.1) is 24.1 Å². The third-order valence-corrected chi connectivity index (χ3v) is 2.61. The van der Waals surface area contributed by atoms with Crippen LogP contribution >= 0.6 is 0 Å². The SMILES string of the molecule is Cc1ccc(CNc2ccc(C#N)nc2)cc1F. The highest BCUT2D eigenvalue weighted by molar-refractivity contribution is 5.43. The van der Waals surface area contributed by atoms with E-state index in [0.29, 0.717) is 17.8 Å². The molecular formula is C14H12FN3. The van der Waals surface area contributed by atoms with Gasteiger partial charge in [0.1, 0.15) is 17.6 Å². The highest BCUT2D eigenvalue weighted by Crippen LogP contribution is 2.12. The Balaban J connectivity index is 2.02. The Morgan fingerprint density at radius 3 is 2.78 bits per heavy atom. The summed E-state index contributed by atoms with van der Waals surface area (Å²) in [6, 6.07) is 10.5. The fourth-order valence-corrected chi connectivity index (χ4v) is 1.52. The number of rotatable bonds is 3. The number of aromatic nitrogens is 1. The monoisotopic (exact) mass is 241 g/mol. The Labute approximate surface area is 105 Å². The normalized spacial score (nSPS) is 9.83. The minimum atomic E-state index is -0.202. The molecule has 0 aliphatic rings. The highest BCUT2D eigenvalue weighted by Gasteiger charge is 2.00. The molecule has 1 aromatic heterocycles. The molecule has 1 aromatic carbocycles. The van der Waals surface area contributed by atoms with Crippen LogP contribution in [0.15, 0.2) is 36.5 Å². The first-order valence-corrected chi connectivity index (χ1v) is 5.54. The number of benzene rings is 1. The third-order valence-electron chi connectivity index (χ3n) is 2.61. The zero-order chi connectivity index (χ0) is 13.0. The van der Waals surface area contributed by atoms with Gasteiger partial charge in [0, 0.05) is 6.54 Å². The maximum absolute atomic E-state index is 13.3. The van der Waals surface area contributed by atoms with E-state index in [2.05, 4.69) is 10.3 Å². The zero-order valence-electron chi connectivity index (χ0n) is 9.94. The summed E-state index contributed by atoms with van der Waals surface area (Å²) in [4.78, 5) is 3.94. The Hall–Kier alpha value is -2.41. The van der Waals surface area contributed by atoms with Crippen molar-refractivity contribution >= 4 is 5.69 Å². The second-order valence-electron chi connectivity index (χ2n) is 3.98. The summed E-state index contributed by atoms with van der Waals surface area (Å²) in [7, 11) is 0. The highest BCUT2D eigenvalue weighted by atomic mass is 19.1. The fraction of sp³-hybridized carbons (Fsp3) is 0.143. The summed E-state index contributed by atoms with van der Waals surface area (Å²) in [5.74, 6) is -0.202. The molecule has 0 fully saturated rings. The lowest BCUT2D eigenvalue weighted by Crippen LogP contribution is -2.00. The molecule has 0 unspecified atom stereocenters. The molecule has 0 atom stereocenters. The molecule has 2 aromatic rings. The van der Waals surface area contributed by atoms with Crippen molar-refractivity contribution in [3.63, 3.8) is 0 Å². The van der Waals surface area contributed by atoms with Crippen LogP contribution in [0.1, 0.15) is 16.8 Å². The van der Waals surface area contributed by atoms with Crippen LogP contribution in [0.25, 0.3) is 0 Å². The summed E-state index contributed by atoms with van der Waals surface area (Å²) in [5.41, 5.74) is 2.68. The van der Waals surface area contributed by atoms with Gasteiger partial charge < -0.3 is 5.32 Å². The molecule has 2 rings (SSSR count). The van der Waals surface area contributed by atoms with Crippen molar-refractivity contribution in [3.8, 4) is 6.07 Å². The van der Waals surface area contributed by atoms with Gasteiger partial charge in [-0.05, 0) is 36.2 Å². The van der Waals surface area contributed by atoms with Gasteiger partial charge in [0.15, 0.2) is 0 Å². The summed E-state index contributed by atoms with van der Waals surface area (Å²) in [6.07, 6.45) is 1.59. The van der Waals surface area contributed by atoms with Crippen molar-refractivity contribution in [2.75, 3.05) is 5.32 Å². The minimum Gasteiger partial charge on any atom is -0.380 e. The maximum atomic E-state index is 13.3. The Kier molecular flexibility index (Phi) is 3.54. The van der Waals surface area contributed by atoms with Crippen molar-refractivity contribution in [3.05, 3.63) is 59.2 Å². The van der Waals surface area contributed by atoms with Gasteiger partial charge >= 0.3 is 0 Å². The van der Waals surface area contributed by atoms with E-state index in [1.54, 1.807) is 31.3 Å². The molecule has 3 nitrogen and oxygen atoms in total. The summed E-state index contributed by atoms with van der Waals surface area (Å²) < 4.78 is 13.3. The van der Waals surface area contributed by atoms with Crippen molar-refractivity contribution in [2.24, 2.45) is 0 Å². The molecular weight excluding hydrogens is 229 g/mol. The van der Waals surface area contributed by atoms with Crippen LogP contribution in [0.2, 0.25) is 0 Å². The van der Waals surface area contributed by atoms with Crippen molar-refractivity contribution in [1.29, 1.82) is 5.26 Å². The predicted octanol–water partition coefficient (Wildman–Crippen LogP) is 3.01. The number of aryl methyl sites for hydroxylation is 1. The van der Waals surface area contributed by atoms with Gasteiger partial charge in [-0.2, -0.15) is 5.26 Å². The van der Waals surface area contributed by atoms with Crippen molar-refractivity contribution in [1.82, 2.24) is 4.98 Å². The van der Waals surface area contributed by atoms with E-state index in [0.717, 1.165) is 11.3 Å². The van der Waals surface area contributed by atoms with Crippen molar-refractivity contribution in [2.45, 2.75) is 13.5 Å². The van der Waals surface area contributed by atoms with Gasteiger partial charge in [-0.3, -0.25) is 0 Å². The predicted molar refractivity (Wildman–Crippen MR) is 67.4 cm³/mol. The lowest BCUT2D eigenvalue weighted by atomic mass is 10.1. The van der Waals surface area contributed by atoms with E-state index in [-0.39, 0.29) is 5.82 Å². The number of anilines is 1. The van der Waals surface area contributed by atoms with Crippen LogP contribution in [-0.4, -0.2) is 4.98 Å². The maximum Gasteiger partial charge on any atom is 0.140 e. The lowest BCUT2D eigenvalue weighted by Gasteiger charge is -2.07. The summed E-state index contributed by atoms with van der Waals surface area (Å²) in [6.45, 7) is 2.25. The van der Waals surface area contributed by atoms with Crippen molar-refractivity contribution < 1.29 is 4.39 Å². The Morgan fingerprint density at radius 1 is 1.33 bits per heavy atom. The van der Waals surface area contributed by atoms with E-state index in [9.17, 15) is 4.39 Å². The second-order valence-corrected chi connectivity index (χ2v) is 3.98. The number of pyridine rings is 1. The molecule has 0 saturated carbocycles. The number of halogens is 1. The molecule has 0 bridgehead atoms. The molecule has 4 heteroatoms. The van der Waals surface area contributed by atoms with E-state index >= 15 is 0 Å². The lowest BCUT2D eigenvalue weighted by molar-refractivity contribution is 0.616. The number of hydrogen-bond acceptors (Lipinski definition) is 3. The third kappa shape index (κ3) is 2.83. The van der Waals surface area contributed by atoms with Gasteiger partial charge in [-0.15, -0.1) is 0 Å². The first-order valence-electron chi connectivity index (χ1n) is 5.54. The molecule has 0 spiro atoms. The molecule has 0 amide bonds. The van der Waals surface area contributed by atoms with E-state index in [4.69, 9.17) is 5.26 Å². The molecule has 1 heterocycles. The largest absolute Gasteiger partial charge is 0.380 e. The number of nitrogens with zero attached hydrogens (tertiary/aromatic N) is 2. The molecule has 0 aliphatic heterocycles. The Bertz CT molecular complexity index is 585. The van der Waals surface area contributed by atoms with E-state index < -0.39 is 0 Å². The number of nitriles is 1. The topological polar surface area (TPSA) is 48.7 Å². The smallest absolute Gasteiger partial charge is 0.140 e. The average molecular weight is 241 g/mol. The van der Waals surface area contributed by atoms with Crippen LogP contribution in [-0.2, 0) is 6.54 Å². The second kappa shape index (κ2) is 5.28. The van der Waals surface area contributed by atoms with Crippen LogP contribution < -0.4 is 5.32 Å². The molecule has 0 aliphatic carbocycles. The van der Waals surface area contributed by atoms with Gasteiger partial charge in [0.05, 0.1) is 11.9 Å². The summed E-state index contributed by atoms with van der Waals surface area (Å²) in [5, 5.41) is 11.7. The standard InChI is InChI=1S/C14H12FN3/c1-10-2-3-11(6-14(10)15)8-17-13-5-4-12(7-16)18-9-13/h2-6,9,17H,8H2,1H3. The zero-order valence-corrected chi connectivity index (χ0v) is 9.94. The molecule has 1 N–H and O–H groups in total. The molecule has 0 radical (unpaired) electrons. The number of hydrogen-bond donors (Lipinski definition) is 1. The van der Waals surface area contributed by atoms with Gasteiger partial charge in [-0.1, -0.05) is 12.1 Å². The first kappa shape index (κ1) is 12.1. The molecule has 18 heavy (non-hydrogen) atoms. The van der Waals surface area contributed by atoms with Gasteiger partial charge in [0.25, 0.3) is 0 Å². The fourth-order valence-electron chi connectivity index (χ4n) is 1.52. The minimum absolute atomic E-state index is 0.202. The number of nitrogens with one attached hydrogen (secondary N) is 1. The Morgan fingerprint density at radius 2 is 2.17 bits per heavy atom. The van der Waals surface area contributed by atoms with Gasteiger partial charge in [0.2, 0.25) is 0 Å². The molecule has 90 valence electrons.